The summed E-state index contributed by atoms with van der Waals surface area (Å²) < 4.78 is 5.75. The molecule has 2 aromatic carbocycles. The van der Waals surface area contributed by atoms with Gasteiger partial charge in [0.15, 0.2) is 0 Å². The smallest absolute Gasteiger partial charge is 0.303 e. The fourth-order valence-electron chi connectivity index (χ4n) is 4.03. The zero-order valence-electron chi connectivity index (χ0n) is 17.9. The van der Waals surface area contributed by atoms with Gasteiger partial charge in [0.1, 0.15) is 0 Å². The number of rotatable bonds is 8. The predicted octanol–water partition coefficient (Wildman–Crippen LogP) is 5.91. The first-order valence-corrected chi connectivity index (χ1v) is 11.0. The maximum absolute atomic E-state index is 11.3. The number of halogens is 1. The van der Waals surface area contributed by atoms with Gasteiger partial charge in [0.05, 0.1) is 37.1 Å². The number of carboxylic acids is 1. The SMILES string of the molecule is CC[C@@H](CC(=O)O)c1ccc(N2CCOCC2C(C)C)c(Nc2ccc(Cl)cc2)c1. The Hall–Kier alpha value is -2.24. The van der Waals surface area contributed by atoms with Crippen molar-refractivity contribution in [2.75, 3.05) is 30.0 Å². The Kier molecular flexibility index (Phi) is 7.62. The van der Waals surface area contributed by atoms with Crippen molar-refractivity contribution in [1.29, 1.82) is 0 Å². The van der Waals surface area contributed by atoms with Gasteiger partial charge >= 0.3 is 5.97 Å². The van der Waals surface area contributed by atoms with Crippen LogP contribution in [0.15, 0.2) is 42.5 Å². The Balaban J connectivity index is 2.01. The Morgan fingerprint density at radius 1 is 1.27 bits per heavy atom. The van der Waals surface area contributed by atoms with Crippen molar-refractivity contribution in [2.45, 2.75) is 45.6 Å². The fourth-order valence-corrected chi connectivity index (χ4v) is 4.16. The molecule has 2 atom stereocenters. The molecule has 0 bridgehead atoms. The van der Waals surface area contributed by atoms with Gasteiger partial charge in [-0.15, -0.1) is 0 Å². The molecule has 0 radical (unpaired) electrons. The highest BCUT2D eigenvalue weighted by Gasteiger charge is 2.28. The molecule has 0 aliphatic carbocycles. The highest BCUT2D eigenvalue weighted by Crippen LogP contribution is 2.37. The molecule has 3 rings (SSSR count). The standard InChI is InChI=1S/C24H31ClN2O3/c1-4-17(14-24(28)29)18-5-10-22(27-11-12-30-15-23(27)16(2)3)21(13-18)26-20-8-6-19(25)7-9-20/h5-10,13,16-17,23,26H,4,11-12,14-15H2,1-3H3,(H,28,29)/t17-,23?/m0/s1. The predicted molar refractivity (Wildman–Crippen MR) is 123 cm³/mol. The van der Waals surface area contributed by atoms with Crippen LogP contribution in [0, 0.1) is 5.92 Å². The third-order valence-corrected chi connectivity index (χ3v) is 6.03. The van der Waals surface area contributed by atoms with Crippen molar-refractivity contribution < 1.29 is 14.6 Å². The number of nitrogens with one attached hydrogen (secondary N) is 1. The van der Waals surface area contributed by atoms with Crippen molar-refractivity contribution in [3.8, 4) is 0 Å². The number of nitrogens with zero attached hydrogens (tertiary/aromatic N) is 1. The minimum absolute atomic E-state index is 0.0205. The lowest BCUT2D eigenvalue weighted by Gasteiger charge is -2.40. The van der Waals surface area contributed by atoms with Gasteiger partial charge in [-0.05, 0) is 60.2 Å². The molecule has 2 aromatic rings. The summed E-state index contributed by atoms with van der Waals surface area (Å²) in [4.78, 5) is 13.7. The van der Waals surface area contributed by atoms with Crippen molar-refractivity contribution >= 4 is 34.6 Å². The fraction of sp³-hybridized carbons (Fsp3) is 0.458. The lowest BCUT2D eigenvalue weighted by Crippen LogP contribution is -2.48. The van der Waals surface area contributed by atoms with Crippen LogP contribution in [0.2, 0.25) is 5.02 Å². The Morgan fingerprint density at radius 3 is 2.63 bits per heavy atom. The molecule has 1 saturated heterocycles. The number of aliphatic carboxylic acids is 1. The second kappa shape index (κ2) is 10.2. The molecule has 1 heterocycles. The largest absolute Gasteiger partial charge is 0.481 e. The number of hydrogen-bond acceptors (Lipinski definition) is 4. The normalized spacial score (nSPS) is 17.8. The summed E-state index contributed by atoms with van der Waals surface area (Å²) in [6.07, 6.45) is 0.903. The minimum atomic E-state index is -0.772. The van der Waals surface area contributed by atoms with E-state index in [9.17, 15) is 9.90 Å². The van der Waals surface area contributed by atoms with Gasteiger partial charge in [-0.2, -0.15) is 0 Å². The topological polar surface area (TPSA) is 61.8 Å². The van der Waals surface area contributed by atoms with Gasteiger partial charge in [0.25, 0.3) is 0 Å². The summed E-state index contributed by atoms with van der Waals surface area (Å²) in [5.74, 6) is -0.345. The van der Waals surface area contributed by atoms with Crippen molar-refractivity contribution in [3.63, 3.8) is 0 Å². The third-order valence-electron chi connectivity index (χ3n) is 5.77. The van der Waals surface area contributed by atoms with Crippen LogP contribution in [0.4, 0.5) is 17.1 Å². The highest BCUT2D eigenvalue weighted by atomic mass is 35.5. The van der Waals surface area contributed by atoms with Crippen LogP contribution in [0.5, 0.6) is 0 Å². The van der Waals surface area contributed by atoms with Crippen LogP contribution in [-0.4, -0.2) is 36.9 Å². The first-order chi connectivity index (χ1) is 14.4. The van der Waals surface area contributed by atoms with Gasteiger partial charge in [-0.25, -0.2) is 0 Å². The zero-order chi connectivity index (χ0) is 21.7. The lowest BCUT2D eigenvalue weighted by atomic mass is 9.92. The summed E-state index contributed by atoms with van der Waals surface area (Å²) in [5, 5.41) is 13.5. The average Bonchev–Trinajstić information content (AvgIpc) is 2.73. The van der Waals surface area contributed by atoms with Crippen LogP contribution >= 0.6 is 11.6 Å². The number of hydrogen-bond donors (Lipinski definition) is 2. The number of carbonyl (C=O) groups is 1. The summed E-state index contributed by atoms with van der Waals surface area (Å²) in [6.45, 7) is 8.69. The monoisotopic (exact) mass is 430 g/mol. The molecule has 5 nitrogen and oxygen atoms in total. The second-order valence-corrected chi connectivity index (χ2v) is 8.63. The Labute approximate surface area is 184 Å². The van der Waals surface area contributed by atoms with Crippen LogP contribution in [0.1, 0.15) is 45.1 Å². The molecular formula is C24H31ClN2O3. The molecule has 0 aromatic heterocycles. The van der Waals surface area contributed by atoms with Gasteiger partial charge in [0, 0.05) is 17.3 Å². The minimum Gasteiger partial charge on any atom is -0.481 e. The molecule has 1 aliphatic rings. The molecule has 6 heteroatoms. The lowest BCUT2D eigenvalue weighted by molar-refractivity contribution is -0.137. The molecule has 0 amide bonds. The van der Waals surface area contributed by atoms with Gasteiger partial charge in [-0.3, -0.25) is 4.79 Å². The van der Waals surface area contributed by atoms with E-state index in [1.807, 2.05) is 31.2 Å². The molecule has 162 valence electrons. The summed E-state index contributed by atoms with van der Waals surface area (Å²) >= 11 is 6.05. The molecule has 30 heavy (non-hydrogen) atoms. The summed E-state index contributed by atoms with van der Waals surface area (Å²) in [7, 11) is 0. The molecule has 0 spiro atoms. The van der Waals surface area contributed by atoms with E-state index in [4.69, 9.17) is 16.3 Å². The average molecular weight is 431 g/mol. The van der Waals surface area contributed by atoms with Gasteiger partial charge < -0.3 is 20.1 Å². The van der Waals surface area contributed by atoms with E-state index in [0.717, 1.165) is 35.6 Å². The second-order valence-electron chi connectivity index (χ2n) is 8.19. The van der Waals surface area contributed by atoms with Crippen LogP contribution < -0.4 is 10.2 Å². The number of morpholine rings is 1. The van der Waals surface area contributed by atoms with Gasteiger partial charge in [0.2, 0.25) is 0 Å². The summed E-state index contributed by atoms with van der Waals surface area (Å²) in [5.41, 5.74) is 4.07. The quantitative estimate of drug-likeness (QED) is 0.544. The number of ether oxygens (including phenoxy) is 1. The van der Waals surface area contributed by atoms with E-state index in [1.54, 1.807) is 0 Å². The Morgan fingerprint density at radius 2 is 2.00 bits per heavy atom. The first kappa shape index (κ1) is 22.4. The number of benzene rings is 2. The van der Waals surface area contributed by atoms with Gasteiger partial charge in [-0.1, -0.05) is 38.4 Å². The van der Waals surface area contributed by atoms with E-state index in [-0.39, 0.29) is 18.4 Å². The molecule has 1 aliphatic heterocycles. The van der Waals surface area contributed by atoms with Crippen LogP contribution in [-0.2, 0) is 9.53 Å². The number of anilines is 3. The molecule has 1 fully saturated rings. The van der Waals surface area contributed by atoms with E-state index in [1.165, 1.54) is 0 Å². The van der Waals surface area contributed by atoms with Crippen molar-refractivity contribution in [3.05, 3.63) is 53.1 Å². The van der Waals surface area contributed by atoms with Crippen molar-refractivity contribution in [1.82, 2.24) is 0 Å². The van der Waals surface area contributed by atoms with E-state index < -0.39 is 5.97 Å². The molecule has 0 saturated carbocycles. The van der Waals surface area contributed by atoms with Crippen LogP contribution in [0.25, 0.3) is 0 Å². The molecular weight excluding hydrogens is 400 g/mol. The third kappa shape index (κ3) is 5.46. The highest BCUT2D eigenvalue weighted by molar-refractivity contribution is 6.30. The molecule has 2 N–H and O–H groups in total. The van der Waals surface area contributed by atoms with E-state index >= 15 is 0 Å². The zero-order valence-corrected chi connectivity index (χ0v) is 18.7. The summed E-state index contributed by atoms with van der Waals surface area (Å²) in [6, 6.07) is 14.2. The number of carboxylic acid groups (broad SMARTS) is 1. The van der Waals surface area contributed by atoms with Crippen molar-refractivity contribution in [2.24, 2.45) is 5.92 Å². The first-order valence-electron chi connectivity index (χ1n) is 10.6. The molecule has 1 unspecified atom stereocenters. The van der Waals surface area contributed by atoms with E-state index in [0.29, 0.717) is 24.2 Å². The van der Waals surface area contributed by atoms with Crippen LogP contribution in [0.3, 0.4) is 0 Å². The Bertz CT molecular complexity index is 854. The maximum Gasteiger partial charge on any atom is 0.303 e. The maximum atomic E-state index is 11.3. The van der Waals surface area contributed by atoms with E-state index in [2.05, 4.69) is 42.3 Å².